The second kappa shape index (κ2) is 8.12. The summed E-state index contributed by atoms with van der Waals surface area (Å²) in [4.78, 5) is 7.87. The Balaban J connectivity index is 2.28. The van der Waals surface area contributed by atoms with Crippen molar-refractivity contribution in [1.29, 1.82) is 0 Å². The topological polar surface area (TPSA) is 70.3 Å². The predicted octanol–water partition coefficient (Wildman–Crippen LogP) is 4.31. The van der Waals surface area contributed by atoms with Gasteiger partial charge in [-0.15, -0.1) is 0 Å². The summed E-state index contributed by atoms with van der Waals surface area (Å²) in [5.74, 6) is 0.0675. The molecule has 2 rings (SSSR count). The maximum atomic E-state index is 13.5. The van der Waals surface area contributed by atoms with E-state index in [1.54, 1.807) is 0 Å². The number of nitrogens with zero attached hydrogens (tertiary/aromatic N) is 2. The van der Waals surface area contributed by atoms with Crippen LogP contribution < -0.4 is 15.2 Å². The van der Waals surface area contributed by atoms with Crippen LogP contribution in [-0.4, -0.2) is 29.2 Å². The van der Waals surface area contributed by atoms with Gasteiger partial charge < -0.3 is 15.2 Å². The van der Waals surface area contributed by atoms with Gasteiger partial charge in [-0.05, 0) is 44.4 Å². The van der Waals surface area contributed by atoms with Crippen molar-refractivity contribution in [2.24, 2.45) is 11.7 Å². The Hall–Kier alpha value is -2.35. The molecule has 1 aromatic carbocycles. The molecular formula is C19H24F3N3O2. The van der Waals surface area contributed by atoms with E-state index in [0.29, 0.717) is 17.7 Å². The Morgan fingerprint density at radius 1 is 1.15 bits per heavy atom. The molecule has 0 saturated heterocycles. The highest BCUT2D eigenvalue weighted by molar-refractivity contribution is 5.63. The number of halogens is 3. The van der Waals surface area contributed by atoms with Crippen LogP contribution in [0.25, 0.3) is 11.3 Å². The molecule has 5 nitrogen and oxygen atoms in total. The third-order valence-corrected chi connectivity index (χ3v) is 3.83. The average molecular weight is 383 g/mol. The lowest BCUT2D eigenvalue weighted by Gasteiger charge is -2.24. The molecule has 8 heteroatoms. The van der Waals surface area contributed by atoms with E-state index in [2.05, 4.69) is 9.97 Å². The van der Waals surface area contributed by atoms with Crippen LogP contribution in [0.15, 0.2) is 30.6 Å². The van der Waals surface area contributed by atoms with E-state index in [1.807, 2.05) is 20.8 Å². The summed E-state index contributed by atoms with van der Waals surface area (Å²) in [6.45, 7) is 5.78. The van der Waals surface area contributed by atoms with E-state index in [4.69, 9.17) is 15.2 Å². The van der Waals surface area contributed by atoms with Crippen LogP contribution >= 0.6 is 0 Å². The summed E-state index contributed by atoms with van der Waals surface area (Å²) in [5.41, 5.74) is 5.32. The van der Waals surface area contributed by atoms with E-state index < -0.39 is 17.3 Å². The highest BCUT2D eigenvalue weighted by atomic mass is 19.4. The van der Waals surface area contributed by atoms with Crippen LogP contribution in [0.2, 0.25) is 0 Å². The number of nitrogens with two attached hydrogens (primary N) is 1. The zero-order valence-electron chi connectivity index (χ0n) is 15.8. The van der Waals surface area contributed by atoms with Gasteiger partial charge in [0.25, 0.3) is 0 Å². The van der Waals surface area contributed by atoms with Gasteiger partial charge in [0.15, 0.2) is 0 Å². The molecule has 0 fully saturated rings. The molecular weight excluding hydrogens is 359 g/mol. The molecule has 27 heavy (non-hydrogen) atoms. The van der Waals surface area contributed by atoms with Crippen LogP contribution in [0.1, 0.15) is 32.8 Å². The molecule has 0 amide bonds. The lowest BCUT2D eigenvalue weighted by Crippen LogP contribution is -2.35. The smallest absolute Gasteiger partial charge is 0.419 e. The predicted molar refractivity (Wildman–Crippen MR) is 96.6 cm³/mol. The summed E-state index contributed by atoms with van der Waals surface area (Å²) in [6, 6.07) is 5.34. The van der Waals surface area contributed by atoms with Gasteiger partial charge in [-0.25, -0.2) is 9.97 Å². The molecule has 0 aliphatic heterocycles. The van der Waals surface area contributed by atoms with Crippen molar-refractivity contribution < 1.29 is 22.6 Å². The van der Waals surface area contributed by atoms with Gasteiger partial charge in [-0.2, -0.15) is 13.2 Å². The number of benzene rings is 1. The van der Waals surface area contributed by atoms with Gasteiger partial charge in [0.1, 0.15) is 12.1 Å². The van der Waals surface area contributed by atoms with Gasteiger partial charge in [-0.3, -0.25) is 0 Å². The molecule has 1 aromatic heterocycles. The molecule has 2 N–H and O–H groups in total. The number of aromatic nitrogens is 2. The maximum Gasteiger partial charge on any atom is 0.419 e. The van der Waals surface area contributed by atoms with Gasteiger partial charge in [-0.1, -0.05) is 6.92 Å². The maximum absolute atomic E-state index is 13.5. The van der Waals surface area contributed by atoms with Gasteiger partial charge in [0.2, 0.25) is 5.88 Å². The largest absolute Gasteiger partial charge is 0.493 e. The SMILES string of the molecule is COc1cc(-c2ccc(OC[C@@H](C)CC(C)(C)N)c(C(F)(F)F)c2)ncn1. The van der Waals surface area contributed by atoms with Crippen LogP contribution in [0.5, 0.6) is 11.6 Å². The molecule has 1 heterocycles. The van der Waals surface area contributed by atoms with Crippen molar-refractivity contribution in [2.75, 3.05) is 13.7 Å². The van der Waals surface area contributed by atoms with Crippen molar-refractivity contribution in [3.05, 3.63) is 36.2 Å². The Morgan fingerprint density at radius 2 is 1.85 bits per heavy atom. The first-order valence-electron chi connectivity index (χ1n) is 8.49. The number of ether oxygens (including phenoxy) is 2. The van der Waals surface area contributed by atoms with E-state index in [-0.39, 0.29) is 24.2 Å². The van der Waals surface area contributed by atoms with Crippen molar-refractivity contribution in [2.45, 2.75) is 38.9 Å². The minimum Gasteiger partial charge on any atom is -0.493 e. The van der Waals surface area contributed by atoms with Crippen molar-refractivity contribution >= 4 is 0 Å². The zero-order valence-corrected chi connectivity index (χ0v) is 15.8. The number of methoxy groups -OCH3 is 1. The Labute approximate surface area is 156 Å². The highest BCUT2D eigenvalue weighted by Crippen LogP contribution is 2.39. The first-order valence-corrected chi connectivity index (χ1v) is 8.49. The van der Waals surface area contributed by atoms with Gasteiger partial charge in [0, 0.05) is 17.2 Å². The van der Waals surface area contributed by atoms with Crippen molar-refractivity contribution in [1.82, 2.24) is 9.97 Å². The molecule has 0 bridgehead atoms. The van der Waals surface area contributed by atoms with Crippen LogP contribution in [-0.2, 0) is 6.18 Å². The van der Waals surface area contributed by atoms with E-state index in [1.165, 1.54) is 31.6 Å². The fraction of sp³-hybridized carbons (Fsp3) is 0.474. The van der Waals surface area contributed by atoms with E-state index in [9.17, 15) is 13.2 Å². The first kappa shape index (κ1) is 21.0. The fourth-order valence-corrected chi connectivity index (χ4v) is 2.83. The summed E-state index contributed by atoms with van der Waals surface area (Å²) in [6.07, 6.45) is -2.69. The molecule has 0 saturated carbocycles. The highest BCUT2D eigenvalue weighted by Gasteiger charge is 2.35. The lowest BCUT2D eigenvalue weighted by molar-refractivity contribution is -0.139. The van der Waals surface area contributed by atoms with Crippen LogP contribution in [0, 0.1) is 5.92 Å². The monoisotopic (exact) mass is 383 g/mol. The number of hydrogen-bond donors (Lipinski definition) is 1. The Morgan fingerprint density at radius 3 is 2.44 bits per heavy atom. The molecule has 148 valence electrons. The molecule has 0 spiro atoms. The summed E-state index contributed by atoms with van der Waals surface area (Å²) in [7, 11) is 1.42. The molecule has 2 aromatic rings. The molecule has 0 aliphatic carbocycles. The summed E-state index contributed by atoms with van der Waals surface area (Å²) in [5, 5.41) is 0. The molecule has 1 atom stereocenters. The summed E-state index contributed by atoms with van der Waals surface area (Å²) < 4.78 is 51.1. The average Bonchev–Trinajstić information content (AvgIpc) is 2.57. The second-order valence-corrected chi connectivity index (χ2v) is 7.26. The Kier molecular flexibility index (Phi) is 6.30. The molecule has 0 unspecified atom stereocenters. The lowest BCUT2D eigenvalue weighted by atomic mass is 9.93. The van der Waals surface area contributed by atoms with Crippen LogP contribution in [0.3, 0.4) is 0 Å². The molecule has 0 aliphatic rings. The fourth-order valence-electron chi connectivity index (χ4n) is 2.83. The number of rotatable bonds is 7. The Bertz CT molecular complexity index is 774. The normalized spacial score (nSPS) is 13.3. The van der Waals surface area contributed by atoms with Crippen molar-refractivity contribution in [3.63, 3.8) is 0 Å². The zero-order chi connectivity index (χ0) is 20.2. The van der Waals surface area contributed by atoms with E-state index in [0.717, 1.165) is 6.07 Å². The number of alkyl halides is 3. The first-order chi connectivity index (χ1) is 12.5. The van der Waals surface area contributed by atoms with Gasteiger partial charge >= 0.3 is 6.18 Å². The third-order valence-electron chi connectivity index (χ3n) is 3.83. The van der Waals surface area contributed by atoms with Gasteiger partial charge in [0.05, 0.1) is 25.0 Å². The van der Waals surface area contributed by atoms with E-state index >= 15 is 0 Å². The molecule has 0 radical (unpaired) electrons. The second-order valence-electron chi connectivity index (χ2n) is 7.26. The van der Waals surface area contributed by atoms with Crippen LogP contribution in [0.4, 0.5) is 13.2 Å². The third kappa shape index (κ3) is 6.09. The quantitative estimate of drug-likeness (QED) is 0.771. The standard InChI is InChI=1S/C19H24F3N3O2/c1-12(9-18(2,3)23)10-27-16-6-5-13(7-14(16)19(20,21)22)15-8-17(26-4)25-11-24-15/h5-8,11-12H,9-10,23H2,1-4H3/t12-/m0/s1. The number of hydrogen-bond acceptors (Lipinski definition) is 5. The minimum atomic E-state index is -4.56. The minimum absolute atomic E-state index is 0.0110. The summed E-state index contributed by atoms with van der Waals surface area (Å²) >= 11 is 0. The van der Waals surface area contributed by atoms with Crippen molar-refractivity contribution in [3.8, 4) is 22.9 Å².